The average molecular weight is 468 g/mol. The van der Waals surface area contributed by atoms with E-state index in [1.165, 1.54) is 0 Å². The minimum Gasteiger partial charge on any atom is -0.352 e. The van der Waals surface area contributed by atoms with Crippen molar-refractivity contribution in [1.82, 2.24) is 40.3 Å². The van der Waals surface area contributed by atoms with E-state index < -0.39 is 0 Å². The van der Waals surface area contributed by atoms with E-state index >= 15 is 0 Å². The highest BCUT2D eigenvalue weighted by molar-refractivity contribution is 5.97. The number of likely N-dealkylation sites (N-methyl/N-ethyl adjacent to an activating group) is 1. The van der Waals surface area contributed by atoms with Crippen LogP contribution < -0.4 is 10.2 Å². The van der Waals surface area contributed by atoms with E-state index in [0.717, 1.165) is 95.2 Å². The molecule has 9 heteroatoms. The van der Waals surface area contributed by atoms with Crippen LogP contribution in [0, 0.1) is 0 Å². The third-order valence-corrected chi connectivity index (χ3v) is 6.68. The standard InChI is InChI=1S/C26H29N9/c1-3-27-14-17-12-19(16-28-15-17)18-4-5-21-20(13-18)23(33-32-21)25-30-22-6-7-29-26(24(22)31-25)35-10-8-34(2)9-11-35/h4-7,12-13,15-16,27H,3,8-11,14H2,1-2H3,(H,30,31)(H,32,33). The number of nitrogens with one attached hydrogen (secondary N) is 3. The van der Waals surface area contributed by atoms with Crippen LogP contribution in [0.4, 0.5) is 5.82 Å². The van der Waals surface area contributed by atoms with Crippen molar-refractivity contribution in [3.8, 4) is 22.6 Å². The van der Waals surface area contributed by atoms with Crippen molar-refractivity contribution in [2.75, 3.05) is 44.7 Å². The van der Waals surface area contributed by atoms with Gasteiger partial charge in [0.2, 0.25) is 0 Å². The van der Waals surface area contributed by atoms with Crippen LogP contribution in [0.3, 0.4) is 0 Å². The molecule has 0 atom stereocenters. The fourth-order valence-electron chi connectivity index (χ4n) is 4.67. The Bertz CT molecular complexity index is 1480. The van der Waals surface area contributed by atoms with Gasteiger partial charge in [-0.25, -0.2) is 9.97 Å². The highest BCUT2D eigenvalue weighted by atomic mass is 15.3. The monoisotopic (exact) mass is 467 g/mol. The number of pyridine rings is 2. The molecule has 3 N–H and O–H groups in total. The average Bonchev–Trinajstić information content (AvgIpc) is 3.51. The van der Waals surface area contributed by atoms with Crippen molar-refractivity contribution in [3.05, 3.63) is 54.5 Å². The summed E-state index contributed by atoms with van der Waals surface area (Å²) in [5.41, 5.74) is 6.98. The van der Waals surface area contributed by atoms with Gasteiger partial charge in [0.25, 0.3) is 0 Å². The Morgan fingerprint density at radius 3 is 2.74 bits per heavy atom. The summed E-state index contributed by atoms with van der Waals surface area (Å²) in [4.78, 5) is 22.2. The maximum atomic E-state index is 4.97. The van der Waals surface area contributed by atoms with Crippen LogP contribution in [0.15, 0.2) is 48.9 Å². The molecular weight excluding hydrogens is 438 g/mol. The molecule has 1 aliphatic rings. The smallest absolute Gasteiger partial charge is 0.159 e. The van der Waals surface area contributed by atoms with Gasteiger partial charge in [-0.1, -0.05) is 13.0 Å². The summed E-state index contributed by atoms with van der Waals surface area (Å²) in [6.45, 7) is 7.77. The first-order valence-corrected chi connectivity index (χ1v) is 12.1. The van der Waals surface area contributed by atoms with Gasteiger partial charge in [-0.15, -0.1) is 0 Å². The van der Waals surface area contributed by atoms with Crippen LogP contribution in [-0.2, 0) is 6.54 Å². The minimum atomic E-state index is 0.741. The zero-order valence-corrected chi connectivity index (χ0v) is 20.0. The van der Waals surface area contributed by atoms with E-state index in [4.69, 9.17) is 4.98 Å². The number of imidazole rings is 1. The van der Waals surface area contributed by atoms with E-state index in [1.807, 2.05) is 24.7 Å². The number of rotatable bonds is 6. The molecule has 0 spiro atoms. The second kappa shape index (κ2) is 9.09. The maximum Gasteiger partial charge on any atom is 0.159 e. The summed E-state index contributed by atoms with van der Waals surface area (Å²) in [5, 5.41) is 12.2. The molecule has 1 aliphatic heterocycles. The lowest BCUT2D eigenvalue weighted by atomic mass is 10.0. The van der Waals surface area contributed by atoms with E-state index in [2.05, 4.69) is 78.5 Å². The Morgan fingerprint density at radius 1 is 1.00 bits per heavy atom. The summed E-state index contributed by atoms with van der Waals surface area (Å²) in [5.74, 6) is 1.67. The van der Waals surface area contributed by atoms with Gasteiger partial charge in [0.1, 0.15) is 11.2 Å². The van der Waals surface area contributed by atoms with Gasteiger partial charge < -0.3 is 20.1 Å². The predicted molar refractivity (Wildman–Crippen MR) is 139 cm³/mol. The molecule has 178 valence electrons. The van der Waals surface area contributed by atoms with E-state index in [-0.39, 0.29) is 0 Å². The van der Waals surface area contributed by atoms with Gasteiger partial charge in [-0.2, -0.15) is 5.10 Å². The fourth-order valence-corrected chi connectivity index (χ4v) is 4.67. The highest BCUT2D eigenvalue weighted by Gasteiger charge is 2.21. The third kappa shape index (κ3) is 4.13. The number of piperazine rings is 1. The minimum absolute atomic E-state index is 0.741. The third-order valence-electron chi connectivity index (χ3n) is 6.68. The Hall–Kier alpha value is -3.82. The Morgan fingerprint density at radius 2 is 1.89 bits per heavy atom. The zero-order chi connectivity index (χ0) is 23.8. The molecule has 0 aliphatic carbocycles. The quantitative estimate of drug-likeness (QED) is 0.352. The summed E-state index contributed by atoms with van der Waals surface area (Å²) in [7, 11) is 2.16. The normalized spacial score (nSPS) is 14.9. The largest absolute Gasteiger partial charge is 0.352 e. The number of aromatic nitrogens is 6. The molecule has 4 aromatic heterocycles. The van der Waals surface area contributed by atoms with Crippen molar-refractivity contribution in [2.24, 2.45) is 0 Å². The predicted octanol–water partition coefficient (Wildman–Crippen LogP) is 3.42. The summed E-state index contributed by atoms with van der Waals surface area (Å²) in [6, 6.07) is 10.5. The van der Waals surface area contributed by atoms with Crippen LogP contribution in [0.2, 0.25) is 0 Å². The summed E-state index contributed by atoms with van der Waals surface area (Å²) in [6.07, 6.45) is 5.67. The Kier molecular flexibility index (Phi) is 5.63. The SMILES string of the molecule is CCNCc1cncc(-c2ccc3[nH]nc(-c4nc5c(N6CCN(C)CC6)nccc5[nH]4)c3c2)c1. The number of nitrogens with zero attached hydrogens (tertiary/aromatic N) is 6. The topological polar surface area (TPSA) is 102 Å². The molecule has 0 amide bonds. The summed E-state index contributed by atoms with van der Waals surface area (Å²) >= 11 is 0. The van der Waals surface area contributed by atoms with Crippen LogP contribution >= 0.6 is 0 Å². The first-order chi connectivity index (χ1) is 17.2. The number of H-pyrrole nitrogens is 2. The lowest BCUT2D eigenvalue weighted by molar-refractivity contribution is 0.312. The number of aromatic amines is 2. The van der Waals surface area contributed by atoms with Crippen LogP contribution in [0.5, 0.6) is 0 Å². The summed E-state index contributed by atoms with van der Waals surface area (Å²) < 4.78 is 0. The van der Waals surface area contributed by atoms with Crippen molar-refractivity contribution in [3.63, 3.8) is 0 Å². The van der Waals surface area contributed by atoms with Crippen molar-refractivity contribution in [1.29, 1.82) is 0 Å². The Labute approximate surface area is 203 Å². The van der Waals surface area contributed by atoms with Gasteiger partial charge in [0.05, 0.1) is 11.0 Å². The van der Waals surface area contributed by atoms with Crippen molar-refractivity contribution in [2.45, 2.75) is 13.5 Å². The maximum absolute atomic E-state index is 4.97. The number of fused-ring (bicyclic) bond motifs is 2. The molecule has 0 saturated carbocycles. The Balaban J connectivity index is 1.38. The molecule has 6 rings (SSSR count). The molecule has 1 aromatic carbocycles. The number of benzene rings is 1. The number of anilines is 1. The van der Waals surface area contributed by atoms with E-state index in [9.17, 15) is 0 Å². The van der Waals surface area contributed by atoms with E-state index in [1.54, 1.807) is 0 Å². The molecule has 9 nitrogen and oxygen atoms in total. The highest BCUT2D eigenvalue weighted by Crippen LogP contribution is 2.32. The first-order valence-electron chi connectivity index (χ1n) is 12.1. The van der Waals surface area contributed by atoms with Gasteiger partial charge >= 0.3 is 0 Å². The first kappa shape index (κ1) is 21.7. The molecule has 0 radical (unpaired) electrons. The van der Waals surface area contributed by atoms with Gasteiger partial charge in [0.15, 0.2) is 11.6 Å². The van der Waals surface area contributed by atoms with Crippen molar-refractivity contribution >= 4 is 27.8 Å². The molecule has 5 aromatic rings. The zero-order valence-electron chi connectivity index (χ0n) is 20.0. The second-order valence-corrected chi connectivity index (χ2v) is 9.10. The number of hydrogen-bond acceptors (Lipinski definition) is 7. The molecule has 1 saturated heterocycles. The molecular formula is C26H29N9. The van der Waals surface area contributed by atoms with Gasteiger partial charge in [-0.05, 0) is 49.0 Å². The molecule has 5 heterocycles. The fraction of sp³-hybridized carbons (Fsp3) is 0.308. The van der Waals surface area contributed by atoms with Gasteiger partial charge in [-0.3, -0.25) is 10.1 Å². The lowest BCUT2D eigenvalue weighted by Crippen LogP contribution is -2.44. The molecule has 0 bridgehead atoms. The molecule has 0 unspecified atom stereocenters. The van der Waals surface area contributed by atoms with Crippen LogP contribution in [0.25, 0.3) is 44.6 Å². The van der Waals surface area contributed by atoms with Crippen molar-refractivity contribution < 1.29 is 0 Å². The van der Waals surface area contributed by atoms with Crippen LogP contribution in [-0.4, -0.2) is 74.8 Å². The van der Waals surface area contributed by atoms with Crippen LogP contribution in [0.1, 0.15) is 12.5 Å². The second-order valence-electron chi connectivity index (χ2n) is 9.10. The molecule has 1 fully saturated rings. The molecule has 35 heavy (non-hydrogen) atoms. The lowest BCUT2D eigenvalue weighted by Gasteiger charge is -2.33. The van der Waals surface area contributed by atoms with E-state index in [0.29, 0.717) is 0 Å². The number of hydrogen-bond donors (Lipinski definition) is 3. The van der Waals surface area contributed by atoms with Gasteiger partial charge in [0, 0.05) is 62.3 Å².